The van der Waals surface area contributed by atoms with Crippen LogP contribution in [0.1, 0.15) is 44.1 Å². The number of ether oxygens (including phenoxy) is 1. The zero-order valence-electron chi connectivity index (χ0n) is 11.9. The molecule has 2 fully saturated rings. The minimum Gasteiger partial charge on any atom is -0.460 e. The van der Waals surface area contributed by atoms with Gasteiger partial charge in [-0.3, -0.25) is 4.57 Å². The molecule has 4 rings (SSSR count). The van der Waals surface area contributed by atoms with Gasteiger partial charge >= 0.3 is 6.01 Å². The molecule has 2 N–H and O–H groups in total. The number of anilines is 1. The lowest BCUT2D eigenvalue weighted by atomic mass is 9.78. The summed E-state index contributed by atoms with van der Waals surface area (Å²) in [5.74, 6) is 0.764. The van der Waals surface area contributed by atoms with E-state index in [1.165, 1.54) is 0 Å². The lowest BCUT2D eigenvalue weighted by Crippen LogP contribution is -2.33. The highest BCUT2D eigenvalue weighted by molar-refractivity contribution is 5.22. The fourth-order valence-electron chi connectivity index (χ4n) is 2.74. The quantitative estimate of drug-likeness (QED) is 0.915. The summed E-state index contributed by atoms with van der Waals surface area (Å²) >= 11 is 0. The van der Waals surface area contributed by atoms with Crippen molar-refractivity contribution >= 4 is 5.95 Å². The molecule has 0 atom stereocenters. The van der Waals surface area contributed by atoms with Gasteiger partial charge in [-0.2, -0.15) is 0 Å². The minimum atomic E-state index is 0.160. The normalized spacial score (nSPS) is 26.1. The Bertz CT molecular complexity index is 642. The van der Waals surface area contributed by atoms with E-state index < -0.39 is 0 Å². The SMILES string of the molecule is CC1(n2cnnc2OC2CC(c3cnc(N)nc3)C2)CC1. The van der Waals surface area contributed by atoms with Gasteiger partial charge in [-0.1, -0.05) is 5.10 Å². The summed E-state index contributed by atoms with van der Waals surface area (Å²) in [6, 6.07) is 0.645. The van der Waals surface area contributed by atoms with Crippen molar-refractivity contribution in [3.05, 3.63) is 24.3 Å². The number of aromatic nitrogens is 5. The van der Waals surface area contributed by atoms with Gasteiger partial charge in [0, 0.05) is 17.9 Å². The van der Waals surface area contributed by atoms with Gasteiger partial charge in [0.15, 0.2) is 0 Å². The molecule has 7 nitrogen and oxygen atoms in total. The van der Waals surface area contributed by atoms with Gasteiger partial charge in [0.05, 0.1) is 0 Å². The summed E-state index contributed by atoms with van der Waals surface area (Å²) < 4.78 is 8.05. The Kier molecular flexibility index (Phi) is 2.63. The van der Waals surface area contributed by atoms with Crippen LogP contribution in [0.2, 0.25) is 0 Å². The first-order valence-corrected chi connectivity index (χ1v) is 7.29. The van der Waals surface area contributed by atoms with Crippen molar-refractivity contribution in [1.82, 2.24) is 24.7 Å². The van der Waals surface area contributed by atoms with Crippen molar-refractivity contribution < 1.29 is 4.74 Å². The number of hydrogen-bond donors (Lipinski definition) is 1. The van der Waals surface area contributed by atoms with Crippen molar-refractivity contribution in [2.45, 2.75) is 50.2 Å². The summed E-state index contributed by atoms with van der Waals surface area (Å²) in [5, 5.41) is 8.08. The Balaban J connectivity index is 1.38. The first kappa shape index (κ1) is 12.6. The number of nitrogens with zero attached hydrogens (tertiary/aromatic N) is 5. The number of hydrogen-bond acceptors (Lipinski definition) is 6. The number of rotatable bonds is 4. The van der Waals surface area contributed by atoms with Crippen LogP contribution in [0.25, 0.3) is 0 Å². The molecule has 110 valence electrons. The van der Waals surface area contributed by atoms with Gasteiger partial charge in [-0.05, 0) is 44.1 Å². The number of nitrogen functional groups attached to an aromatic ring is 1. The number of nitrogens with two attached hydrogens (primary N) is 1. The van der Waals surface area contributed by atoms with Crippen molar-refractivity contribution in [2.24, 2.45) is 0 Å². The predicted octanol–water partition coefficient (Wildman–Crippen LogP) is 1.48. The monoisotopic (exact) mass is 286 g/mol. The van der Waals surface area contributed by atoms with Gasteiger partial charge in [0.1, 0.15) is 12.4 Å². The molecule has 0 aliphatic heterocycles. The molecule has 2 aliphatic rings. The Morgan fingerprint density at radius 3 is 2.67 bits per heavy atom. The molecule has 2 aromatic heterocycles. The molecule has 0 spiro atoms. The molecule has 7 heteroatoms. The van der Waals surface area contributed by atoms with Crippen molar-refractivity contribution in [1.29, 1.82) is 0 Å². The fraction of sp³-hybridized carbons (Fsp3) is 0.571. The topological polar surface area (TPSA) is 91.7 Å². The van der Waals surface area contributed by atoms with E-state index >= 15 is 0 Å². The van der Waals surface area contributed by atoms with E-state index in [-0.39, 0.29) is 11.6 Å². The Morgan fingerprint density at radius 2 is 2.00 bits per heavy atom. The molecule has 2 aromatic rings. The third-order valence-electron chi connectivity index (χ3n) is 4.60. The maximum Gasteiger partial charge on any atom is 0.317 e. The van der Waals surface area contributed by atoms with E-state index in [1.807, 2.05) is 0 Å². The Morgan fingerprint density at radius 1 is 1.29 bits per heavy atom. The molecule has 0 saturated heterocycles. The third kappa shape index (κ3) is 2.22. The molecule has 0 unspecified atom stereocenters. The molecule has 0 bridgehead atoms. The summed E-state index contributed by atoms with van der Waals surface area (Å²) in [7, 11) is 0. The van der Waals surface area contributed by atoms with Gasteiger partial charge in [0.2, 0.25) is 5.95 Å². The maximum atomic E-state index is 5.99. The average Bonchev–Trinajstić information content (AvgIpc) is 3.00. The smallest absolute Gasteiger partial charge is 0.317 e. The fourth-order valence-corrected chi connectivity index (χ4v) is 2.74. The molecule has 0 amide bonds. The van der Waals surface area contributed by atoms with E-state index in [4.69, 9.17) is 10.5 Å². The van der Waals surface area contributed by atoms with Crippen LogP contribution < -0.4 is 10.5 Å². The summed E-state index contributed by atoms with van der Waals surface area (Å²) in [4.78, 5) is 8.07. The summed E-state index contributed by atoms with van der Waals surface area (Å²) in [6.45, 7) is 2.21. The van der Waals surface area contributed by atoms with E-state index in [2.05, 4.69) is 31.7 Å². The first-order chi connectivity index (χ1) is 10.1. The third-order valence-corrected chi connectivity index (χ3v) is 4.60. The van der Waals surface area contributed by atoms with Crippen LogP contribution in [0.4, 0.5) is 5.95 Å². The molecule has 2 aliphatic carbocycles. The molecule has 0 aromatic carbocycles. The lowest BCUT2D eigenvalue weighted by molar-refractivity contribution is 0.0807. The van der Waals surface area contributed by atoms with Crippen LogP contribution in [0.3, 0.4) is 0 Å². The van der Waals surface area contributed by atoms with E-state index in [1.54, 1.807) is 18.7 Å². The average molecular weight is 286 g/mol. The highest BCUT2D eigenvalue weighted by Gasteiger charge is 2.42. The van der Waals surface area contributed by atoms with E-state index in [0.717, 1.165) is 31.2 Å². The minimum absolute atomic E-state index is 0.160. The Hall–Kier alpha value is -2.18. The van der Waals surface area contributed by atoms with Crippen LogP contribution in [0.15, 0.2) is 18.7 Å². The Labute approximate surface area is 122 Å². The second-order valence-electron chi connectivity index (χ2n) is 6.26. The molecule has 2 saturated carbocycles. The molecule has 2 heterocycles. The molecular weight excluding hydrogens is 268 g/mol. The first-order valence-electron chi connectivity index (χ1n) is 7.29. The molecule has 21 heavy (non-hydrogen) atoms. The van der Waals surface area contributed by atoms with Gasteiger partial charge in [-0.25, -0.2) is 9.97 Å². The zero-order valence-corrected chi connectivity index (χ0v) is 11.9. The van der Waals surface area contributed by atoms with Crippen LogP contribution in [-0.2, 0) is 5.54 Å². The van der Waals surface area contributed by atoms with Gasteiger partial charge in [0.25, 0.3) is 0 Å². The maximum absolute atomic E-state index is 5.99. The second kappa shape index (κ2) is 4.41. The molecular formula is C14H18N6O. The highest BCUT2D eigenvalue weighted by atomic mass is 16.5. The van der Waals surface area contributed by atoms with Crippen LogP contribution in [-0.4, -0.2) is 30.8 Å². The summed E-state index contributed by atoms with van der Waals surface area (Å²) in [6.07, 6.45) is 9.81. The van der Waals surface area contributed by atoms with Crippen molar-refractivity contribution in [3.8, 4) is 6.01 Å². The highest BCUT2D eigenvalue weighted by Crippen LogP contribution is 2.45. The largest absolute Gasteiger partial charge is 0.460 e. The molecule has 0 radical (unpaired) electrons. The zero-order chi connectivity index (χ0) is 14.4. The predicted molar refractivity (Wildman–Crippen MR) is 75.7 cm³/mol. The van der Waals surface area contributed by atoms with Gasteiger partial charge in [-0.15, -0.1) is 5.10 Å². The van der Waals surface area contributed by atoms with Crippen molar-refractivity contribution in [3.63, 3.8) is 0 Å². The lowest BCUT2D eigenvalue weighted by Gasteiger charge is -2.35. The van der Waals surface area contributed by atoms with Crippen LogP contribution in [0.5, 0.6) is 6.01 Å². The van der Waals surface area contributed by atoms with Crippen molar-refractivity contribution in [2.75, 3.05) is 5.73 Å². The van der Waals surface area contributed by atoms with Crippen LogP contribution >= 0.6 is 0 Å². The van der Waals surface area contributed by atoms with Gasteiger partial charge < -0.3 is 10.5 Å². The van der Waals surface area contributed by atoms with E-state index in [9.17, 15) is 0 Å². The van der Waals surface area contributed by atoms with E-state index in [0.29, 0.717) is 17.9 Å². The standard InChI is InChI=1S/C14H18N6O/c1-14(2-3-14)20-8-18-19-13(20)21-11-4-9(5-11)10-6-16-12(15)17-7-10/h6-9,11H,2-5H2,1H3,(H2,15,16,17). The second-order valence-corrected chi connectivity index (χ2v) is 6.26. The summed E-state index contributed by atoms with van der Waals surface area (Å²) in [5.41, 5.74) is 6.79. The van der Waals surface area contributed by atoms with Crippen LogP contribution in [0, 0.1) is 0 Å².